The second kappa shape index (κ2) is 13.4. The first-order valence-corrected chi connectivity index (χ1v) is 14.5. The molecule has 1 aliphatic heterocycles. The van der Waals surface area contributed by atoms with Crippen molar-refractivity contribution in [3.05, 3.63) is 137 Å². The van der Waals surface area contributed by atoms with Crippen LogP contribution < -0.4 is 10.2 Å². The van der Waals surface area contributed by atoms with Gasteiger partial charge in [-0.3, -0.25) is 14.9 Å². The van der Waals surface area contributed by atoms with Crippen LogP contribution in [0.4, 0.5) is 5.69 Å². The van der Waals surface area contributed by atoms with Gasteiger partial charge in [0.15, 0.2) is 0 Å². The molecule has 5 rings (SSSR count). The van der Waals surface area contributed by atoms with Crippen molar-refractivity contribution in [1.82, 2.24) is 5.32 Å². The fraction of sp³-hybridized carbons (Fsp3) is 0.278. The molecule has 2 atom stereocenters. The van der Waals surface area contributed by atoms with E-state index in [0.29, 0.717) is 25.3 Å². The highest BCUT2D eigenvalue weighted by atomic mass is 16.5. The standard InChI is InChI=1S/C36H38N2O3/c1-26(2)30-19-17-28(18-20-30)24-38-34-16-10-9-15-31(34)21-22-32(35(38)39)37-33(23-27-11-5-3-6-12-27)36(40)41-25-29-13-7-4-8-14-29/h3-20,26,32-33,37H,21-25H2,1-2H3/t32?,33-/m1/s1. The van der Waals surface area contributed by atoms with E-state index in [1.807, 2.05) is 83.8 Å². The predicted molar refractivity (Wildman–Crippen MR) is 164 cm³/mol. The number of ether oxygens (including phenoxy) is 1. The summed E-state index contributed by atoms with van der Waals surface area (Å²) in [5, 5.41) is 3.44. The van der Waals surface area contributed by atoms with E-state index in [0.717, 1.165) is 34.4 Å². The highest BCUT2D eigenvalue weighted by Crippen LogP contribution is 2.29. The maximum absolute atomic E-state index is 14.2. The van der Waals surface area contributed by atoms with Crippen LogP contribution in [0, 0.1) is 0 Å². The molecule has 4 aromatic rings. The average molecular weight is 547 g/mol. The van der Waals surface area contributed by atoms with Gasteiger partial charge in [0, 0.05) is 5.69 Å². The Morgan fingerprint density at radius 1 is 0.829 bits per heavy atom. The first-order valence-electron chi connectivity index (χ1n) is 14.5. The van der Waals surface area contributed by atoms with Crippen LogP contribution in [0.15, 0.2) is 109 Å². The predicted octanol–water partition coefficient (Wildman–Crippen LogP) is 6.60. The molecule has 1 aliphatic rings. The number of para-hydroxylation sites is 1. The Balaban J connectivity index is 1.38. The minimum atomic E-state index is -0.663. The van der Waals surface area contributed by atoms with Gasteiger partial charge < -0.3 is 9.64 Å². The molecule has 41 heavy (non-hydrogen) atoms. The summed E-state index contributed by atoms with van der Waals surface area (Å²) in [6, 6.07) is 34.9. The number of carbonyl (C=O) groups is 2. The second-order valence-electron chi connectivity index (χ2n) is 11.0. The van der Waals surface area contributed by atoms with E-state index in [2.05, 4.69) is 49.5 Å². The minimum Gasteiger partial charge on any atom is -0.460 e. The van der Waals surface area contributed by atoms with Gasteiger partial charge in [-0.2, -0.15) is 0 Å². The number of carbonyl (C=O) groups excluding carboxylic acids is 2. The molecular weight excluding hydrogens is 508 g/mol. The lowest BCUT2D eigenvalue weighted by Crippen LogP contribution is -2.52. The average Bonchev–Trinajstić information content (AvgIpc) is 3.13. The van der Waals surface area contributed by atoms with Crippen LogP contribution in [0.3, 0.4) is 0 Å². The Bertz CT molecular complexity index is 1430. The van der Waals surface area contributed by atoms with Crippen LogP contribution in [0.1, 0.15) is 54.0 Å². The summed E-state index contributed by atoms with van der Waals surface area (Å²) in [5.41, 5.74) is 6.34. The van der Waals surface area contributed by atoms with Crippen molar-refractivity contribution in [2.24, 2.45) is 0 Å². The number of anilines is 1. The number of benzene rings is 4. The topological polar surface area (TPSA) is 58.6 Å². The van der Waals surface area contributed by atoms with Crippen LogP contribution in [0.2, 0.25) is 0 Å². The van der Waals surface area contributed by atoms with Crippen LogP contribution >= 0.6 is 0 Å². The smallest absolute Gasteiger partial charge is 0.323 e. The fourth-order valence-electron chi connectivity index (χ4n) is 5.36. The first-order chi connectivity index (χ1) is 20.0. The molecule has 0 bridgehead atoms. The molecule has 5 heteroatoms. The van der Waals surface area contributed by atoms with Crippen molar-refractivity contribution in [2.45, 2.75) is 64.3 Å². The molecule has 4 aromatic carbocycles. The quantitative estimate of drug-likeness (QED) is 0.228. The maximum Gasteiger partial charge on any atom is 0.323 e. The molecular formula is C36H38N2O3. The number of nitrogens with one attached hydrogen (secondary N) is 1. The van der Waals surface area contributed by atoms with Gasteiger partial charge in [-0.25, -0.2) is 0 Å². The third-order valence-electron chi connectivity index (χ3n) is 7.73. The monoisotopic (exact) mass is 546 g/mol. The molecule has 0 saturated carbocycles. The van der Waals surface area contributed by atoms with Gasteiger partial charge in [0.05, 0.1) is 12.6 Å². The second-order valence-corrected chi connectivity index (χ2v) is 11.0. The Hall–Kier alpha value is -4.22. The van der Waals surface area contributed by atoms with Gasteiger partial charge in [-0.15, -0.1) is 0 Å². The van der Waals surface area contributed by atoms with E-state index < -0.39 is 12.1 Å². The number of esters is 1. The summed E-state index contributed by atoms with van der Waals surface area (Å²) in [6.45, 7) is 5.01. The van der Waals surface area contributed by atoms with Crippen molar-refractivity contribution in [3.63, 3.8) is 0 Å². The van der Waals surface area contributed by atoms with Gasteiger partial charge in [-0.1, -0.05) is 117 Å². The zero-order valence-corrected chi connectivity index (χ0v) is 23.8. The number of hydrogen-bond acceptors (Lipinski definition) is 4. The largest absolute Gasteiger partial charge is 0.460 e. The highest BCUT2D eigenvalue weighted by molar-refractivity contribution is 5.99. The zero-order chi connectivity index (χ0) is 28.6. The van der Waals surface area contributed by atoms with E-state index in [1.165, 1.54) is 5.56 Å². The molecule has 1 N–H and O–H groups in total. The lowest BCUT2D eigenvalue weighted by Gasteiger charge is -2.29. The highest BCUT2D eigenvalue weighted by Gasteiger charge is 2.34. The van der Waals surface area contributed by atoms with Gasteiger partial charge in [0.2, 0.25) is 5.91 Å². The molecule has 0 saturated heterocycles. The molecule has 5 nitrogen and oxygen atoms in total. The van der Waals surface area contributed by atoms with Gasteiger partial charge in [0.1, 0.15) is 12.6 Å². The summed E-state index contributed by atoms with van der Waals surface area (Å²) < 4.78 is 5.76. The molecule has 1 amide bonds. The lowest BCUT2D eigenvalue weighted by molar-refractivity contribution is -0.147. The number of rotatable bonds is 10. The summed E-state index contributed by atoms with van der Waals surface area (Å²) in [4.78, 5) is 29.5. The fourth-order valence-corrected chi connectivity index (χ4v) is 5.36. The number of fused-ring (bicyclic) bond motifs is 1. The number of amides is 1. The molecule has 0 spiro atoms. The normalized spacial score (nSPS) is 15.7. The number of aryl methyl sites for hydroxylation is 1. The van der Waals surface area contributed by atoms with Crippen LogP contribution in [0.25, 0.3) is 0 Å². The van der Waals surface area contributed by atoms with Crippen molar-refractivity contribution >= 4 is 17.6 Å². The van der Waals surface area contributed by atoms with Crippen molar-refractivity contribution < 1.29 is 14.3 Å². The Morgan fingerprint density at radius 3 is 2.15 bits per heavy atom. The van der Waals surface area contributed by atoms with Crippen molar-refractivity contribution in [2.75, 3.05) is 4.90 Å². The summed E-state index contributed by atoms with van der Waals surface area (Å²) in [7, 11) is 0. The summed E-state index contributed by atoms with van der Waals surface area (Å²) >= 11 is 0. The summed E-state index contributed by atoms with van der Waals surface area (Å²) in [5.74, 6) is 0.0567. The summed E-state index contributed by atoms with van der Waals surface area (Å²) in [6.07, 6.45) is 1.76. The SMILES string of the molecule is CC(C)c1ccc(CN2C(=O)C(N[C@H](Cc3ccccc3)C(=O)OCc3ccccc3)CCc3ccccc32)cc1. The molecule has 210 valence electrons. The van der Waals surface area contributed by atoms with E-state index in [-0.39, 0.29) is 18.5 Å². The Labute approximate surface area is 243 Å². The molecule has 0 radical (unpaired) electrons. The third kappa shape index (κ3) is 7.30. The van der Waals surface area contributed by atoms with E-state index in [4.69, 9.17) is 4.74 Å². The van der Waals surface area contributed by atoms with Crippen LogP contribution in [0.5, 0.6) is 0 Å². The molecule has 0 fully saturated rings. The third-order valence-corrected chi connectivity index (χ3v) is 7.73. The van der Waals surface area contributed by atoms with Gasteiger partial charge in [-0.05, 0) is 59.1 Å². The van der Waals surface area contributed by atoms with E-state index >= 15 is 0 Å². The van der Waals surface area contributed by atoms with E-state index in [9.17, 15) is 9.59 Å². The number of hydrogen-bond donors (Lipinski definition) is 1. The molecule has 0 aromatic heterocycles. The van der Waals surface area contributed by atoms with Gasteiger partial charge in [0.25, 0.3) is 0 Å². The maximum atomic E-state index is 14.2. The number of nitrogens with zero attached hydrogens (tertiary/aromatic N) is 1. The molecule has 1 unspecified atom stereocenters. The lowest BCUT2D eigenvalue weighted by atomic mass is 10.0. The van der Waals surface area contributed by atoms with Crippen LogP contribution in [-0.2, 0) is 40.3 Å². The Kier molecular flexibility index (Phi) is 9.27. The van der Waals surface area contributed by atoms with Crippen LogP contribution in [-0.4, -0.2) is 24.0 Å². The minimum absolute atomic E-state index is 0.0307. The van der Waals surface area contributed by atoms with Crippen molar-refractivity contribution in [3.8, 4) is 0 Å². The van der Waals surface area contributed by atoms with Gasteiger partial charge >= 0.3 is 5.97 Å². The Morgan fingerprint density at radius 2 is 1.46 bits per heavy atom. The molecule has 1 heterocycles. The molecule has 0 aliphatic carbocycles. The van der Waals surface area contributed by atoms with E-state index in [1.54, 1.807) is 0 Å². The van der Waals surface area contributed by atoms with Crippen molar-refractivity contribution in [1.29, 1.82) is 0 Å². The zero-order valence-electron chi connectivity index (χ0n) is 23.8. The first kappa shape index (κ1) is 28.3.